The normalized spacial score (nSPS) is 10.3. The minimum absolute atomic E-state index is 0. The Morgan fingerprint density at radius 2 is 1.96 bits per heavy atom. The third kappa shape index (κ3) is 3.80. The topological polar surface area (TPSA) is 103 Å². The maximum absolute atomic E-state index is 12.2. The molecule has 136 valence electrons. The molecule has 3 N–H and O–H groups in total. The van der Waals surface area contributed by atoms with Crippen molar-refractivity contribution in [3.8, 4) is 17.1 Å². The molecule has 0 aliphatic carbocycles. The minimum Gasteiger partial charge on any atom is -0.465 e. The quantitative estimate of drug-likeness (QED) is 0.661. The van der Waals surface area contributed by atoms with Gasteiger partial charge in [0.25, 0.3) is 0 Å². The number of aromatic nitrogens is 3. The molecular weight excluding hydrogens is 379 g/mol. The fourth-order valence-corrected chi connectivity index (χ4v) is 2.57. The van der Waals surface area contributed by atoms with Crippen LogP contribution in [0, 0.1) is 0 Å². The Labute approximate surface area is 160 Å². The van der Waals surface area contributed by atoms with Crippen molar-refractivity contribution in [1.29, 1.82) is 0 Å². The van der Waals surface area contributed by atoms with Crippen LogP contribution in [0.15, 0.2) is 47.3 Å². The molecule has 0 fully saturated rings. The number of hydrogen-bond donors (Lipinski definition) is 2. The molecule has 0 atom stereocenters. The summed E-state index contributed by atoms with van der Waals surface area (Å²) in [4.78, 5) is 26.4. The van der Waals surface area contributed by atoms with E-state index in [0.29, 0.717) is 34.2 Å². The van der Waals surface area contributed by atoms with Crippen LogP contribution < -0.4 is 11.4 Å². The fourth-order valence-electron chi connectivity index (χ4n) is 2.36. The highest BCUT2D eigenvalue weighted by Gasteiger charge is 2.13. The third-order valence-corrected chi connectivity index (χ3v) is 4.00. The van der Waals surface area contributed by atoms with Crippen LogP contribution in [0.3, 0.4) is 0 Å². The maximum Gasteiger partial charge on any atom is 0.348 e. The van der Waals surface area contributed by atoms with E-state index in [-0.39, 0.29) is 12.4 Å². The zero-order valence-electron chi connectivity index (χ0n) is 13.7. The van der Waals surface area contributed by atoms with Crippen molar-refractivity contribution in [2.45, 2.75) is 6.54 Å². The Hall–Kier alpha value is -2.61. The molecule has 1 heterocycles. The van der Waals surface area contributed by atoms with Crippen molar-refractivity contribution in [1.82, 2.24) is 14.8 Å². The minimum atomic E-state index is -0.452. The lowest BCUT2D eigenvalue weighted by Gasteiger charge is -2.04. The number of rotatable bonds is 4. The average molecular weight is 395 g/mol. The van der Waals surface area contributed by atoms with E-state index in [1.165, 1.54) is 11.8 Å². The van der Waals surface area contributed by atoms with Gasteiger partial charge in [-0.3, -0.25) is 4.98 Å². The third-order valence-electron chi connectivity index (χ3n) is 3.67. The van der Waals surface area contributed by atoms with Crippen molar-refractivity contribution >= 4 is 30.0 Å². The highest BCUT2D eigenvalue weighted by molar-refractivity contribution is 6.33. The highest BCUT2D eigenvalue weighted by atomic mass is 35.5. The van der Waals surface area contributed by atoms with E-state index >= 15 is 0 Å². The second kappa shape index (κ2) is 8.18. The summed E-state index contributed by atoms with van der Waals surface area (Å²) in [6, 6.07) is 11.6. The standard InChI is InChI=1S/C17H15ClN4O3.ClH/c1-25-16(23)11-3-5-12(6-4-11)22-17(24)20-15(21-22)13-8-10(9-19)2-7-14(13)18;/h2-8H,9,19H2,1H3,(H,20,21,24);1H. The smallest absolute Gasteiger partial charge is 0.348 e. The molecule has 7 nitrogen and oxygen atoms in total. The van der Waals surface area contributed by atoms with E-state index in [9.17, 15) is 9.59 Å². The number of halogens is 2. The van der Waals surface area contributed by atoms with E-state index < -0.39 is 11.7 Å². The first-order chi connectivity index (χ1) is 12.0. The van der Waals surface area contributed by atoms with Gasteiger partial charge in [0.15, 0.2) is 5.82 Å². The lowest BCUT2D eigenvalue weighted by Crippen LogP contribution is -2.16. The molecule has 9 heteroatoms. The number of ether oxygens (including phenoxy) is 1. The summed E-state index contributed by atoms with van der Waals surface area (Å²) in [5.41, 5.74) is 7.57. The van der Waals surface area contributed by atoms with E-state index in [0.717, 1.165) is 5.56 Å². The zero-order chi connectivity index (χ0) is 18.0. The van der Waals surface area contributed by atoms with Crippen LogP contribution in [0.4, 0.5) is 0 Å². The summed E-state index contributed by atoms with van der Waals surface area (Å²) in [6.07, 6.45) is 0. The molecule has 0 saturated heterocycles. The van der Waals surface area contributed by atoms with Gasteiger partial charge in [-0.15, -0.1) is 17.5 Å². The summed E-state index contributed by atoms with van der Waals surface area (Å²) >= 11 is 6.20. The Balaban J connectivity index is 0.00000243. The van der Waals surface area contributed by atoms with Crippen LogP contribution in [-0.4, -0.2) is 27.8 Å². The van der Waals surface area contributed by atoms with Gasteiger partial charge in [0, 0.05) is 12.1 Å². The van der Waals surface area contributed by atoms with Gasteiger partial charge < -0.3 is 10.5 Å². The van der Waals surface area contributed by atoms with Gasteiger partial charge in [0.2, 0.25) is 0 Å². The van der Waals surface area contributed by atoms with Gasteiger partial charge in [-0.2, -0.15) is 4.68 Å². The predicted molar refractivity (Wildman–Crippen MR) is 101 cm³/mol. The van der Waals surface area contributed by atoms with Gasteiger partial charge in [-0.25, -0.2) is 9.59 Å². The van der Waals surface area contributed by atoms with Crippen LogP contribution in [-0.2, 0) is 11.3 Å². The highest BCUT2D eigenvalue weighted by Crippen LogP contribution is 2.26. The summed E-state index contributed by atoms with van der Waals surface area (Å²) < 4.78 is 5.84. The van der Waals surface area contributed by atoms with Gasteiger partial charge in [-0.05, 0) is 42.0 Å². The van der Waals surface area contributed by atoms with Crippen molar-refractivity contribution in [3.05, 3.63) is 69.1 Å². The van der Waals surface area contributed by atoms with Crippen molar-refractivity contribution in [2.75, 3.05) is 7.11 Å². The summed E-state index contributed by atoms with van der Waals surface area (Å²) in [5.74, 6) is -0.116. The van der Waals surface area contributed by atoms with Crippen LogP contribution >= 0.6 is 24.0 Å². The molecule has 0 amide bonds. The molecule has 0 saturated carbocycles. The molecule has 26 heavy (non-hydrogen) atoms. The molecule has 3 rings (SSSR count). The molecule has 1 aromatic heterocycles. The summed E-state index contributed by atoms with van der Waals surface area (Å²) in [5, 5.41) is 4.75. The van der Waals surface area contributed by atoms with Crippen molar-refractivity contribution in [3.63, 3.8) is 0 Å². The molecular formula is C17H16Cl2N4O3. The maximum atomic E-state index is 12.2. The molecule has 2 aromatic carbocycles. The Kier molecular flexibility index (Phi) is 6.20. The van der Waals surface area contributed by atoms with E-state index in [2.05, 4.69) is 14.8 Å². The number of nitrogens with zero attached hydrogens (tertiary/aromatic N) is 2. The SMILES string of the molecule is COC(=O)c1ccc(-n2nc(-c3cc(CN)ccc3Cl)[nH]c2=O)cc1.Cl. The largest absolute Gasteiger partial charge is 0.465 e. The van der Waals surface area contributed by atoms with Gasteiger partial charge in [-0.1, -0.05) is 17.7 Å². The number of nitrogens with one attached hydrogen (secondary N) is 1. The van der Waals surface area contributed by atoms with Gasteiger partial charge in [0.1, 0.15) is 0 Å². The average Bonchev–Trinajstić information content (AvgIpc) is 3.03. The van der Waals surface area contributed by atoms with Crippen LogP contribution in [0.1, 0.15) is 15.9 Å². The summed E-state index contributed by atoms with van der Waals surface area (Å²) in [6.45, 7) is 0.351. The molecule has 0 unspecified atom stereocenters. The second-order valence-corrected chi connectivity index (χ2v) is 5.65. The molecule has 0 bridgehead atoms. The molecule has 0 radical (unpaired) electrons. The van der Waals surface area contributed by atoms with Crippen molar-refractivity contribution < 1.29 is 9.53 Å². The predicted octanol–water partition coefficient (Wildman–Crippen LogP) is 2.55. The number of methoxy groups -OCH3 is 1. The molecule has 0 spiro atoms. The Morgan fingerprint density at radius 3 is 2.58 bits per heavy atom. The Morgan fingerprint density at radius 1 is 1.27 bits per heavy atom. The molecule has 0 aliphatic heterocycles. The number of carbonyl (C=O) groups is 1. The molecule has 0 aliphatic rings. The van der Waals surface area contributed by atoms with E-state index in [1.54, 1.807) is 36.4 Å². The van der Waals surface area contributed by atoms with E-state index in [1.807, 2.05) is 6.07 Å². The number of esters is 1. The number of benzene rings is 2. The summed E-state index contributed by atoms with van der Waals surface area (Å²) in [7, 11) is 1.31. The van der Waals surface area contributed by atoms with Gasteiger partial charge in [0.05, 0.1) is 23.4 Å². The number of hydrogen-bond acceptors (Lipinski definition) is 5. The first-order valence-corrected chi connectivity index (χ1v) is 7.78. The number of aromatic amines is 1. The second-order valence-electron chi connectivity index (χ2n) is 5.25. The number of H-pyrrole nitrogens is 1. The monoisotopic (exact) mass is 394 g/mol. The molecule has 3 aromatic rings. The first-order valence-electron chi connectivity index (χ1n) is 7.40. The van der Waals surface area contributed by atoms with Crippen molar-refractivity contribution in [2.24, 2.45) is 5.73 Å². The van der Waals surface area contributed by atoms with Crippen LogP contribution in [0.5, 0.6) is 0 Å². The van der Waals surface area contributed by atoms with E-state index in [4.69, 9.17) is 17.3 Å². The zero-order valence-corrected chi connectivity index (χ0v) is 15.3. The lowest BCUT2D eigenvalue weighted by atomic mass is 10.1. The lowest BCUT2D eigenvalue weighted by molar-refractivity contribution is 0.0600. The first kappa shape index (κ1) is 19.7. The van der Waals surface area contributed by atoms with Crippen LogP contribution in [0.2, 0.25) is 5.02 Å². The number of nitrogens with two attached hydrogens (primary N) is 1. The van der Waals surface area contributed by atoms with Crippen LogP contribution in [0.25, 0.3) is 17.1 Å². The Bertz CT molecular complexity index is 980. The number of carbonyl (C=O) groups excluding carboxylic acids is 1. The fraction of sp³-hybridized carbons (Fsp3) is 0.118. The van der Waals surface area contributed by atoms with Gasteiger partial charge >= 0.3 is 11.7 Å².